The van der Waals surface area contributed by atoms with E-state index < -0.39 is 4.92 Å². The van der Waals surface area contributed by atoms with E-state index in [0.29, 0.717) is 37.4 Å². The Kier molecular flexibility index (Phi) is 5.73. The number of hydrogen-bond donors (Lipinski definition) is 0. The maximum absolute atomic E-state index is 13.6. The molecule has 0 unspecified atom stereocenters. The average molecular weight is 454 g/mol. The van der Waals surface area contributed by atoms with Crippen molar-refractivity contribution in [1.29, 1.82) is 0 Å². The smallest absolute Gasteiger partial charge is 0.269 e. The first-order chi connectivity index (χ1) is 16.6. The molecule has 0 atom stereocenters. The van der Waals surface area contributed by atoms with E-state index in [-0.39, 0.29) is 11.6 Å². The van der Waals surface area contributed by atoms with Gasteiger partial charge in [-0.05, 0) is 36.4 Å². The van der Waals surface area contributed by atoms with Gasteiger partial charge in [0.15, 0.2) is 0 Å². The molecule has 1 amide bonds. The fourth-order valence-corrected chi connectivity index (χ4v) is 4.08. The fraction of sp³-hybridized carbons (Fsp3) is 0.160. The summed E-state index contributed by atoms with van der Waals surface area (Å²) in [4.78, 5) is 32.2. The second kappa shape index (κ2) is 9.14. The van der Waals surface area contributed by atoms with Crippen molar-refractivity contribution in [3.8, 4) is 16.9 Å². The van der Waals surface area contributed by atoms with Crippen LogP contribution in [0.2, 0.25) is 0 Å². The summed E-state index contributed by atoms with van der Waals surface area (Å²) in [5, 5.41) is 15.6. The topological polar surface area (TPSA) is 97.4 Å². The molecule has 1 aliphatic heterocycles. The summed E-state index contributed by atoms with van der Waals surface area (Å²) < 4.78 is 1.72. The quantitative estimate of drug-likeness (QED) is 0.336. The molecule has 3 heterocycles. The van der Waals surface area contributed by atoms with E-state index in [1.54, 1.807) is 35.4 Å². The van der Waals surface area contributed by atoms with Crippen molar-refractivity contribution in [3.63, 3.8) is 0 Å². The van der Waals surface area contributed by atoms with Crippen LogP contribution in [0.15, 0.2) is 85.3 Å². The highest BCUT2D eigenvalue weighted by Crippen LogP contribution is 2.26. The molecule has 0 bridgehead atoms. The zero-order valence-corrected chi connectivity index (χ0v) is 18.3. The first-order valence-corrected chi connectivity index (χ1v) is 10.9. The maximum Gasteiger partial charge on any atom is 0.269 e. The largest absolute Gasteiger partial charge is 0.368 e. The molecule has 9 heteroatoms. The van der Waals surface area contributed by atoms with Crippen molar-refractivity contribution >= 4 is 17.3 Å². The molecule has 1 aliphatic rings. The third-order valence-corrected chi connectivity index (χ3v) is 5.89. The van der Waals surface area contributed by atoms with Crippen molar-refractivity contribution < 1.29 is 9.72 Å². The molecule has 0 spiro atoms. The van der Waals surface area contributed by atoms with Gasteiger partial charge in [0.05, 0.1) is 16.2 Å². The highest BCUT2D eigenvalue weighted by Gasteiger charge is 2.27. The molecule has 170 valence electrons. The summed E-state index contributed by atoms with van der Waals surface area (Å²) in [7, 11) is 0. The number of nitrogens with zero attached hydrogens (tertiary/aromatic N) is 6. The number of amides is 1. The SMILES string of the molecule is O=C(c1cn(-c2ccccc2)nc1-c1cccnc1)N1CCN(c2ccc([N+](=O)[O-])cc2)CC1. The van der Waals surface area contributed by atoms with Gasteiger partial charge in [0.1, 0.15) is 5.69 Å². The first-order valence-electron chi connectivity index (χ1n) is 10.9. The lowest BCUT2D eigenvalue weighted by Gasteiger charge is -2.36. The van der Waals surface area contributed by atoms with Gasteiger partial charge in [-0.25, -0.2) is 4.68 Å². The number of pyridine rings is 1. The predicted octanol–water partition coefficient (Wildman–Crippen LogP) is 3.80. The zero-order valence-electron chi connectivity index (χ0n) is 18.3. The van der Waals surface area contributed by atoms with E-state index in [1.165, 1.54) is 12.1 Å². The normalized spacial score (nSPS) is 13.6. The van der Waals surface area contributed by atoms with E-state index in [4.69, 9.17) is 5.10 Å². The lowest BCUT2D eigenvalue weighted by atomic mass is 10.1. The van der Waals surface area contributed by atoms with Crippen LogP contribution in [0.3, 0.4) is 0 Å². The molecule has 0 aliphatic carbocycles. The van der Waals surface area contributed by atoms with Crippen LogP contribution in [-0.2, 0) is 0 Å². The molecule has 34 heavy (non-hydrogen) atoms. The molecule has 2 aromatic carbocycles. The minimum absolute atomic E-state index is 0.0657. The number of carbonyl (C=O) groups excluding carboxylic acids is 1. The Bertz CT molecular complexity index is 1300. The number of nitro benzene ring substituents is 1. The Morgan fingerprint density at radius 2 is 1.62 bits per heavy atom. The van der Waals surface area contributed by atoms with Crippen molar-refractivity contribution in [3.05, 3.63) is 101 Å². The minimum atomic E-state index is -0.407. The third-order valence-electron chi connectivity index (χ3n) is 5.89. The number of non-ortho nitro benzene ring substituents is 1. The van der Waals surface area contributed by atoms with Crippen LogP contribution < -0.4 is 4.90 Å². The minimum Gasteiger partial charge on any atom is -0.368 e. The standard InChI is InChI=1S/C25H22N6O3/c32-25(29-15-13-28(14-16-29)20-8-10-22(11-9-20)31(33)34)23-18-30(21-6-2-1-3-7-21)27-24(23)19-5-4-12-26-17-19/h1-12,17-18H,13-16H2. The van der Waals surface area contributed by atoms with Gasteiger partial charge in [-0.3, -0.25) is 19.9 Å². The molecule has 4 aromatic rings. The van der Waals surface area contributed by atoms with Crippen molar-refractivity contribution in [2.75, 3.05) is 31.1 Å². The predicted molar refractivity (Wildman–Crippen MR) is 128 cm³/mol. The highest BCUT2D eigenvalue weighted by atomic mass is 16.6. The van der Waals surface area contributed by atoms with E-state index in [9.17, 15) is 14.9 Å². The first kappa shape index (κ1) is 21.3. The van der Waals surface area contributed by atoms with Crippen LogP contribution in [0.4, 0.5) is 11.4 Å². The van der Waals surface area contributed by atoms with Gasteiger partial charge >= 0.3 is 0 Å². The third kappa shape index (κ3) is 4.23. The molecule has 0 radical (unpaired) electrons. The zero-order chi connectivity index (χ0) is 23.5. The molecular weight excluding hydrogens is 432 g/mol. The Balaban J connectivity index is 1.37. The van der Waals surface area contributed by atoms with Crippen LogP contribution in [0.1, 0.15) is 10.4 Å². The van der Waals surface area contributed by atoms with Crippen LogP contribution in [0.5, 0.6) is 0 Å². The summed E-state index contributed by atoms with van der Waals surface area (Å²) in [5.41, 5.74) is 3.75. The number of anilines is 1. The molecule has 0 N–H and O–H groups in total. The molecule has 9 nitrogen and oxygen atoms in total. The molecular formula is C25H22N6O3. The summed E-state index contributed by atoms with van der Waals surface area (Å²) in [5.74, 6) is -0.0793. The Labute approximate surface area is 196 Å². The van der Waals surface area contributed by atoms with Gasteiger partial charge in [-0.1, -0.05) is 18.2 Å². The summed E-state index contributed by atoms with van der Waals surface area (Å²) >= 11 is 0. The second-order valence-electron chi connectivity index (χ2n) is 7.97. The highest BCUT2D eigenvalue weighted by molar-refractivity contribution is 6.00. The number of piperazine rings is 1. The number of benzene rings is 2. The summed E-state index contributed by atoms with van der Waals surface area (Å²) in [6, 6.07) is 19.9. The van der Waals surface area contributed by atoms with Crippen molar-refractivity contribution in [2.45, 2.75) is 0 Å². The monoisotopic (exact) mass is 454 g/mol. The molecule has 1 fully saturated rings. The van der Waals surface area contributed by atoms with E-state index in [2.05, 4.69) is 9.88 Å². The molecule has 1 saturated heterocycles. The van der Waals surface area contributed by atoms with E-state index in [0.717, 1.165) is 16.9 Å². The van der Waals surface area contributed by atoms with Gasteiger partial charge < -0.3 is 9.80 Å². The van der Waals surface area contributed by atoms with E-state index in [1.807, 2.05) is 47.4 Å². The lowest BCUT2D eigenvalue weighted by Crippen LogP contribution is -2.48. The lowest BCUT2D eigenvalue weighted by molar-refractivity contribution is -0.384. The van der Waals surface area contributed by atoms with Gasteiger partial charge in [0.25, 0.3) is 11.6 Å². The number of hydrogen-bond acceptors (Lipinski definition) is 6. The molecule has 0 saturated carbocycles. The van der Waals surface area contributed by atoms with Gasteiger partial charge in [0.2, 0.25) is 0 Å². The Hall–Kier alpha value is -4.53. The van der Waals surface area contributed by atoms with E-state index >= 15 is 0 Å². The maximum atomic E-state index is 13.6. The Morgan fingerprint density at radius 3 is 2.26 bits per heavy atom. The van der Waals surface area contributed by atoms with Gasteiger partial charge in [-0.15, -0.1) is 0 Å². The van der Waals surface area contributed by atoms with Crippen LogP contribution >= 0.6 is 0 Å². The van der Waals surface area contributed by atoms with Crippen molar-refractivity contribution in [1.82, 2.24) is 19.7 Å². The summed E-state index contributed by atoms with van der Waals surface area (Å²) in [6.45, 7) is 2.36. The van der Waals surface area contributed by atoms with Gasteiger partial charge in [-0.2, -0.15) is 5.10 Å². The van der Waals surface area contributed by atoms with Crippen LogP contribution in [-0.4, -0.2) is 56.7 Å². The number of nitro groups is 1. The second-order valence-corrected chi connectivity index (χ2v) is 7.97. The van der Waals surface area contributed by atoms with Gasteiger partial charge in [0, 0.05) is 68.2 Å². The van der Waals surface area contributed by atoms with Crippen LogP contribution in [0, 0.1) is 10.1 Å². The Morgan fingerprint density at radius 1 is 0.882 bits per heavy atom. The van der Waals surface area contributed by atoms with Crippen molar-refractivity contribution in [2.24, 2.45) is 0 Å². The summed E-state index contributed by atoms with van der Waals surface area (Å²) in [6.07, 6.45) is 5.18. The fourth-order valence-electron chi connectivity index (χ4n) is 4.08. The average Bonchev–Trinajstić information content (AvgIpc) is 3.35. The number of aromatic nitrogens is 3. The number of rotatable bonds is 5. The number of carbonyl (C=O) groups is 1. The molecule has 2 aromatic heterocycles. The number of para-hydroxylation sites is 1. The van der Waals surface area contributed by atoms with Crippen LogP contribution in [0.25, 0.3) is 16.9 Å². The molecule has 5 rings (SSSR count).